The van der Waals surface area contributed by atoms with Crippen molar-refractivity contribution in [2.45, 2.75) is 45.3 Å². The molecule has 0 unspecified atom stereocenters. The van der Waals surface area contributed by atoms with Gasteiger partial charge in [0, 0.05) is 6.61 Å². The van der Waals surface area contributed by atoms with E-state index in [0.29, 0.717) is 6.61 Å². The third kappa shape index (κ3) is 5.52. The molecular weight excluding hydrogens is 156 g/mol. The second-order valence-corrected chi connectivity index (χ2v) is 3.60. The van der Waals surface area contributed by atoms with Crippen LogP contribution in [0.3, 0.4) is 0 Å². The van der Waals surface area contributed by atoms with Crippen molar-refractivity contribution in [2.75, 3.05) is 13.2 Å². The predicted octanol–water partition coefficient (Wildman–Crippen LogP) is 0.935. The SMILES string of the molecule is CCCCOC[C@H](O)C(C)(C)O. The van der Waals surface area contributed by atoms with Gasteiger partial charge in [0.15, 0.2) is 0 Å². The van der Waals surface area contributed by atoms with E-state index < -0.39 is 11.7 Å². The quantitative estimate of drug-likeness (QED) is 0.592. The highest BCUT2D eigenvalue weighted by Crippen LogP contribution is 2.08. The summed E-state index contributed by atoms with van der Waals surface area (Å²) >= 11 is 0. The summed E-state index contributed by atoms with van der Waals surface area (Å²) in [6.07, 6.45) is 1.28. The minimum absolute atomic E-state index is 0.212. The van der Waals surface area contributed by atoms with Crippen molar-refractivity contribution in [2.24, 2.45) is 0 Å². The first-order valence-electron chi connectivity index (χ1n) is 4.46. The van der Waals surface area contributed by atoms with Crippen LogP contribution in [-0.4, -0.2) is 35.1 Å². The van der Waals surface area contributed by atoms with Crippen molar-refractivity contribution in [3.05, 3.63) is 0 Å². The van der Waals surface area contributed by atoms with E-state index in [1.807, 2.05) is 0 Å². The number of hydrogen-bond donors (Lipinski definition) is 2. The summed E-state index contributed by atoms with van der Waals surface area (Å²) < 4.78 is 5.15. The Labute approximate surface area is 74.4 Å². The van der Waals surface area contributed by atoms with Crippen molar-refractivity contribution in [3.8, 4) is 0 Å². The van der Waals surface area contributed by atoms with Gasteiger partial charge in [-0.3, -0.25) is 0 Å². The van der Waals surface area contributed by atoms with E-state index in [4.69, 9.17) is 4.74 Å². The minimum Gasteiger partial charge on any atom is -0.388 e. The summed E-state index contributed by atoms with van der Waals surface area (Å²) in [6, 6.07) is 0. The van der Waals surface area contributed by atoms with Gasteiger partial charge in [-0.25, -0.2) is 0 Å². The van der Waals surface area contributed by atoms with Crippen LogP contribution in [0.4, 0.5) is 0 Å². The molecule has 0 amide bonds. The lowest BCUT2D eigenvalue weighted by atomic mass is 10.0. The molecule has 3 heteroatoms. The maximum atomic E-state index is 9.31. The molecule has 0 bridgehead atoms. The molecule has 0 aliphatic carbocycles. The summed E-state index contributed by atoms with van der Waals surface area (Å²) in [5, 5.41) is 18.6. The molecule has 0 saturated carbocycles. The number of aliphatic hydroxyl groups is 2. The third-order valence-electron chi connectivity index (χ3n) is 1.73. The monoisotopic (exact) mass is 176 g/mol. The second kappa shape index (κ2) is 5.51. The van der Waals surface area contributed by atoms with Crippen LogP contribution in [0.5, 0.6) is 0 Å². The summed E-state index contributed by atoms with van der Waals surface area (Å²) in [5.41, 5.74) is -1.06. The lowest BCUT2D eigenvalue weighted by molar-refractivity contribution is -0.0858. The first-order chi connectivity index (χ1) is 5.48. The molecule has 0 aliphatic rings. The average molecular weight is 176 g/mol. The van der Waals surface area contributed by atoms with Crippen LogP contribution in [0.25, 0.3) is 0 Å². The molecule has 0 aromatic heterocycles. The maximum absolute atomic E-state index is 9.31. The smallest absolute Gasteiger partial charge is 0.105 e. The molecule has 0 aliphatic heterocycles. The number of rotatable bonds is 6. The molecule has 1 atom stereocenters. The van der Waals surface area contributed by atoms with E-state index in [1.165, 1.54) is 0 Å². The highest BCUT2D eigenvalue weighted by molar-refractivity contribution is 4.75. The Bertz CT molecular complexity index is 107. The maximum Gasteiger partial charge on any atom is 0.105 e. The Morgan fingerprint density at radius 3 is 2.42 bits per heavy atom. The Kier molecular flexibility index (Phi) is 5.46. The number of aliphatic hydroxyl groups excluding tert-OH is 1. The van der Waals surface area contributed by atoms with Crippen LogP contribution in [0.2, 0.25) is 0 Å². The van der Waals surface area contributed by atoms with Gasteiger partial charge in [0.05, 0.1) is 12.2 Å². The Morgan fingerprint density at radius 1 is 1.42 bits per heavy atom. The second-order valence-electron chi connectivity index (χ2n) is 3.60. The lowest BCUT2D eigenvalue weighted by Gasteiger charge is -2.24. The zero-order chi connectivity index (χ0) is 9.61. The van der Waals surface area contributed by atoms with Crippen LogP contribution < -0.4 is 0 Å². The normalized spacial score (nSPS) is 14.8. The predicted molar refractivity (Wildman–Crippen MR) is 48.0 cm³/mol. The van der Waals surface area contributed by atoms with E-state index in [-0.39, 0.29) is 6.61 Å². The topological polar surface area (TPSA) is 49.7 Å². The van der Waals surface area contributed by atoms with E-state index in [9.17, 15) is 10.2 Å². The largest absolute Gasteiger partial charge is 0.388 e. The number of hydrogen-bond acceptors (Lipinski definition) is 3. The van der Waals surface area contributed by atoms with Gasteiger partial charge in [0.1, 0.15) is 6.10 Å². The molecule has 0 fully saturated rings. The highest BCUT2D eigenvalue weighted by atomic mass is 16.5. The van der Waals surface area contributed by atoms with Gasteiger partial charge in [-0.15, -0.1) is 0 Å². The van der Waals surface area contributed by atoms with Crippen LogP contribution in [0.15, 0.2) is 0 Å². The van der Waals surface area contributed by atoms with Gasteiger partial charge < -0.3 is 14.9 Å². The summed E-state index contributed by atoms with van der Waals surface area (Å²) in [5.74, 6) is 0. The van der Waals surface area contributed by atoms with Gasteiger partial charge in [-0.2, -0.15) is 0 Å². The summed E-state index contributed by atoms with van der Waals surface area (Å²) in [7, 11) is 0. The molecule has 0 aromatic carbocycles. The third-order valence-corrected chi connectivity index (χ3v) is 1.73. The fourth-order valence-corrected chi connectivity index (χ4v) is 0.645. The molecule has 0 rings (SSSR count). The molecule has 2 N–H and O–H groups in total. The van der Waals surface area contributed by atoms with E-state index in [1.54, 1.807) is 13.8 Å². The minimum atomic E-state index is -1.06. The molecule has 0 heterocycles. The standard InChI is InChI=1S/C9H20O3/c1-4-5-6-12-7-8(10)9(2,3)11/h8,10-11H,4-7H2,1-3H3/t8-/m0/s1. The van der Waals surface area contributed by atoms with Crippen molar-refractivity contribution in [1.82, 2.24) is 0 Å². The Balaban J connectivity index is 3.38. The van der Waals surface area contributed by atoms with Crippen molar-refractivity contribution in [1.29, 1.82) is 0 Å². The zero-order valence-corrected chi connectivity index (χ0v) is 8.21. The fourth-order valence-electron chi connectivity index (χ4n) is 0.645. The molecule has 3 nitrogen and oxygen atoms in total. The van der Waals surface area contributed by atoms with Gasteiger partial charge >= 0.3 is 0 Å². The Hall–Kier alpha value is -0.120. The van der Waals surface area contributed by atoms with Gasteiger partial charge in [0.25, 0.3) is 0 Å². The molecule has 0 aromatic rings. The lowest BCUT2D eigenvalue weighted by Crippen LogP contribution is -2.39. The first-order valence-corrected chi connectivity index (χ1v) is 4.46. The molecule has 12 heavy (non-hydrogen) atoms. The van der Waals surface area contributed by atoms with Gasteiger partial charge in [0.2, 0.25) is 0 Å². The van der Waals surface area contributed by atoms with Crippen LogP contribution >= 0.6 is 0 Å². The van der Waals surface area contributed by atoms with Crippen molar-refractivity contribution in [3.63, 3.8) is 0 Å². The Morgan fingerprint density at radius 2 is 2.00 bits per heavy atom. The molecule has 0 spiro atoms. The van der Waals surface area contributed by atoms with Crippen molar-refractivity contribution >= 4 is 0 Å². The number of unbranched alkanes of at least 4 members (excludes halogenated alkanes) is 1. The zero-order valence-electron chi connectivity index (χ0n) is 8.21. The molecule has 74 valence electrons. The van der Waals surface area contributed by atoms with Gasteiger partial charge in [-0.1, -0.05) is 13.3 Å². The van der Waals surface area contributed by atoms with Crippen LogP contribution in [0, 0.1) is 0 Å². The van der Waals surface area contributed by atoms with Gasteiger partial charge in [-0.05, 0) is 20.3 Å². The molecule has 0 radical (unpaired) electrons. The first kappa shape index (κ1) is 11.9. The summed E-state index contributed by atoms with van der Waals surface area (Å²) in [6.45, 7) is 6.09. The average Bonchev–Trinajstić information content (AvgIpc) is 1.96. The fraction of sp³-hybridized carbons (Fsp3) is 1.00. The number of ether oxygens (including phenoxy) is 1. The van der Waals surface area contributed by atoms with Crippen molar-refractivity contribution < 1.29 is 14.9 Å². The molecular formula is C9H20O3. The summed E-state index contributed by atoms with van der Waals surface area (Å²) in [4.78, 5) is 0. The van der Waals surface area contributed by atoms with E-state index >= 15 is 0 Å². The van der Waals surface area contributed by atoms with Crippen LogP contribution in [0.1, 0.15) is 33.6 Å². The van der Waals surface area contributed by atoms with E-state index in [2.05, 4.69) is 6.92 Å². The molecule has 0 saturated heterocycles. The van der Waals surface area contributed by atoms with Crippen LogP contribution in [-0.2, 0) is 4.74 Å². The van der Waals surface area contributed by atoms with E-state index in [0.717, 1.165) is 12.8 Å². The highest BCUT2D eigenvalue weighted by Gasteiger charge is 2.24.